The predicted molar refractivity (Wildman–Crippen MR) is 170 cm³/mol. The quantitative estimate of drug-likeness (QED) is 0.225. The standard InChI is InChI=1S/C37H22N4O/c1-3-11-23(12-4-1)34-35(24-13-5-2-6-14-24)40-36-29(39-34)19-20-38-37(36)41-30-17-9-7-15-25(30)27-22-33-28(21-31(27)41)26-16-8-10-18-32(26)42-33/h1-22H. The Morgan fingerprint density at radius 1 is 0.500 bits per heavy atom. The van der Waals surface area contributed by atoms with E-state index in [1.54, 1.807) is 0 Å². The monoisotopic (exact) mass is 538 g/mol. The molecule has 0 saturated heterocycles. The van der Waals surface area contributed by atoms with E-state index in [1.165, 1.54) is 0 Å². The van der Waals surface area contributed by atoms with E-state index in [9.17, 15) is 0 Å². The van der Waals surface area contributed by atoms with Crippen LogP contribution in [0.1, 0.15) is 0 Å². The zero-order valence-electron chi connectivity index (χ0n) is 22.4. The normalized spacial score (nSPS) is 11.8. The van der Waals surface area contributed by atoms with Crippen LogP contribution in [0.2, 0.25) is 0 Å². The van der Waals surface area contributed by atoms with Crippen molar-refractivity contribution in [2.75, 3.05) is 0 Å². The minimum Gasteiger partial charge on any atom is -0.456 e. The molecule has 196 valence electrons. The molecule has 0 spiro atoms. The van der Waals surface area contributed by atoms with Gasteiger partial charge in [0.2, 0.25) is 0 Å². The molecule has 0 amide bonds. The molecule has 0 aliphatic rings. The number of rotatable bonds is 3. The smallest absolute Gasteiger partial charge is 0.165 e. The summed E-state index contributed by atoms with van der Waals surface area (Å²) in [4.78, 5) is 15.5. The third kappa shape index (κ3) is 3.34. The van der Waals surface area contributed by atoms with Gasteiger partial charge in [-0.25, -0.2) is 15.0 Å². The van der Waals surface area contributed by atoms with Gasteiger partial charge in [-0.05, 0) is 30.3 Å². The van der Waals surface area contributed by atoms with Crippen molar-refractivity contribution in [3.63, 3.8) is 0 Å². The Hall–Kier alpha value is -5.81. The highest BCUT2D eigenvalue weighted by molar-refractivity contribution is 6.17. The van der Waals surface area contributed by atoms with Crippen LogP contribution in [-0.2, 0) is 0 Å². The molecule has 0 unspecified atom stereocenters. The molecule has 4 heterocycles. The lowest BCUT2D eigenvalue weighted by Crippen LogP contribution is -2.03. The van der Waals surface area contributed by atoms with Crippen LogP contribution >= 0.6 is 0 Å². The van der Waals surface area contributed by atoms with E-state index in [2.05, 4.69) is 71.3 Å². The number of benzene rings is 5. The minimum atomic E-state index is 0.746. The third-order valence-corrected chi connectivity index (χ3v) is 8.04. The molecule has 0 bridgehead atoms. The molecule has 0 atom stereocenters. The number of hydrogen-bond acceptors (Lipinski definition) is 4. The Morgan fingerprint density at radius 2 is 1.17 bits per heavy atom. The molecule has 0 saturated carbocycles. The summed E-state index contributed by atoms with van der Waals surface area (Å²) in [7, 11) is 0. The van der Waals surface area contributed by atoms with Gasteiger partial charge in [-0.1, -0.05) is 97.1 Å². The maximum Gasteiger partial charge on any atom is 0.165 e. The van der Waals surface area contributed by atoms with Crippen molar-refractivity contribution in [2.24, 2.45) is 0 Å². The molecule has 5 aromatic carbocycles. The average Bonchev–Trinajstić information content (AvgIpc) is 3.58. The van der Waals surface area contributed by atoms with E-state index in [0.29, 0.717) is 0 Å². The first kappa shape index (κ1) is 22.9. The molecule has 0 aliphatic heterocycles. The largest absolute Gasteiger partial charge is 0.456 e. The molecule has 42 heavy (non-hydrogen) atoms. The summed E-state index contributed by atoms with van der Waals surface area (Å²) >= 11 is 0. The van der Waals surface area contributed by atoms with Gasteiger partial charge >= 0.3 is 0 Å². The van der Waals surface area contributed by atoms with Gasteiger partial charge in [-0.15, -0.1) is 0 Å². The lowest BCUT2D eigenvalue weighted by atomic mass is 10.0. The number of nitrogens with zero attached hydrogens (tertiary/aromatic N) is 4. The average molecular weight is 539 g/mol. The van der Waals surface area contributed by atoms with Crippen LogP contribution in [-0.4, -0.2) is 19.5 Å². The maximum atomic E-state index is 6.27. The van der Waals surface area contributed by atoms with Crippen molar-refractivity contribution in [1.29, 1.82) is 0 Å². The fourth-order valence-electron chi connectivity index (χ4n) is 6.14. The molecule has 5 nitrogen and oxygen atoms in total. The van der Waals surface area contributed by atoms with Crippen molar-refractivity contribution < 1.29 is 4.42 Å². The molecule has 0 radical (unpaired) electrons. The Morgan fingerprint density at radius 3 is 1.95 bits per heavy atom. The fraction of sp³-hybridized carbons (Fsp3) is 0. The Bertz CT molecular complexity index is 2460. The van der Waals surface area contributed by atoms with E-state index in [4.69, 9.17) is 19.4 Å². The summed E-state index contributed by atoms with van der Waals surface area (Å²) in [5.74, 6) is 0.746. The zero-order valence-corrected chi connectivity index (χ0v) is 22.4. The number of hydrogen-bond donors (Lipinski definition) is 0. The summed E-state index contributed by atoms with van der Waals surface area (Å²) in [6.07, 6.45) is 1.83. The lowest BCUT2D eigenvalue weighted by molar-refractivity contribution is 0.669. The summed E-state index contributed by atoms with van der Waals surface area (Å²) in [6.45, 7) is 0. The van der Waals surface area contributed by atoms with Crippen molar-refractivity contribution >= 4 is 54.8 Å². The lowest BCUT2D eigenvalue weighted by Gasteiger charge is -2.14. The number of pyridine rings is 1. The molecule has 9 rings (SSSR count). The molecule has 9 aromatic rings. The second-order valence-electron chi connectivity index (χ2n) is 10.5. The highest BCUT2D eigenvalue weighted by Crippen LogP contribution is 2.39. The fourth-order valence-corrected chi connectivity index (χ4v) is 6.14. The SMILES string of the molecule is c1ccc(-c2nc3ccnc(-n4c5ccccc5c5cc6oc7ccccc7c6cc54)c3nc2-c2ccccc2)cc1. The second kappa shape index (κ2) is 8.85. The van der Waals surface area contributed by atoms with E-state index < -0.39 is 0 Å². The van der Waals surface area contributed by atoms with E-state index >= 15 is 0 Å². The van der Waals surface area contributed by atoms with Crippen LogP contribution in [0.4, 0.5) is 0 Å². The number of furan rings is 1. The number of para-hydroxylation sites is 2. The molecule has 4 aromatic heterocycles. The summed E-state index contributed by atoms with van der Waals surface area (Å²) in [6, 6.07) is 43.4. The zero-order chi connectivity index (χ0) is 27.6. The molecular weight excluding hydrogens is 516 g/mol. The first-order chi connectivity index (χ1) is 20.8. The molecule has 0 fully saturated rings. The van der Waals surface area contributed by atoms with Crippen LogP contribution in [0.25, 0.3) is 83.1 Å². The highest BCUT2D eigenvalue weighted by Gasteiger charge is 2.21. The van der Waals surface area contributed by atoms with Crippen molar-refractivity contribution in [3.05, 3.63) is 134 Å². The van der Waals surface area contributed by atoms with Gasteiger partial charge in [0.1, 0.15) is 16.7 Å². The van der Waals surface area contributed by atoms with Crippen molar-refractivity contribution in [1.82, 2.24) is 19.5 Å². The van der Waals surface area contributed by atoms with E-state index in [-0.39, 0.29) is 0 Å². The second-order valence-corrected chi connectivity index (χ2v) is 10.5. The summed E-state index contributed by atoms with van der Waals surface area (Å²) < 4.78 is 8.49. The van der Waals surface area contributed by atoms with Crippen molar-refractivity contribution in [2.45, 2.75) is 0 Å². The molecule has 0 aliphatic carbocycles. The van der Waals surface area contributed by atoms with Crippen LogP contribution in [0.3, 0.4) is 0 Å². The van der Waals surface area contributed by atoms with Gasteiger partial charge in [-0.2, -0.15) is 0 Å². The molecular formula is C37H22N4O. The number of fused-ring (bicyclic) bond motifs is 7. The molecule has 5 heteroatoms. The summed E-state index contributed by atoms with van der Waals surface area (Å²) in [5.41, 5.74) is 9.10. The maximum absolute atomic E-state index is 6.27. The first-order valence-electron chi connectivity index (χ1n) is 14.0. The minimum absolute atomic E-state index is 0.746. The Balaban J connectivity index is 1.40. The van der Waals surface area contributed by atoms with Crippen LogP contribution in [0, 0.1) is 0 Å². The Kier molecular flexibility index (Phi) is 4.83. The van der Waals surface area contributed by atoms with Crippen LogP contribution in [0.15, 0.2) is 138 Å². The van der Waals surface area contributed by atoms with Gasteiger partial charge < -0.3 is 4.42 Å². The van der Waals surface area contributed by atoms with Crippen LogP contribution in [0.5, 0.6) is 0 Å². The summed E-state index contributed by atoms with van der Waals surface area (Å²) in [5, 5.41) is 4.40. The van der Waals surface area contributed by atoms with E-state index in [1.807, 2.05) is 66.9 Å². The number of aromatic nitrogens is 4. The predicted octanol–water partition coefficient (Wildman–Crippen LogP) is 9.36. The van der Waals surface area contributed by atoms with Gasteiger partial charge in [0.25, 0.3) is 0 Å². The Labute approximate surface area is 240 Å². The highest BCUT2D eigenvalue weighted by atomic mass is 16.3. The third-order valence-electron chi connectivity index (χ3n) is 8.04. The van der Waals surface area contributed by atoms with Gasteiger partial charge in [-0.3, -0.25) is 4.57 Å². The van der Waals surface area contributed by atoms with Crippen molar-refractivity contribution in [3.8, 4) is 28.3 Å². The molecule has 0 N–H and O–H groups in total. The first-order valence-corrected chi connectivity index (χ1v) is 14.0. The van der Waals surface area contributed by atoms with Crippen LogP contribution < -0.4 is 0 Å². The van der Waals surface area contributed by atoms with Gasteiger partial charge in [0, 0.05) is 38.9 Å². The topological polar surface area (TPSA) is 56.7 Å². The van der Waals surface area contributed by atoms with Gasteiger partial charge in [0.05, 0.1) is 27.9 Å². The van der Waals surface area contributed by atoms with Gasteiger partial charge in [0.15, 0.2) is 5.82 Å². The van der Waals surface area contributed by atoms with E-state index in [0.717, 1.165) is 83.1 Å².